The molecule has 0 saturated carbocycles. The van der Waals surface area contributed by atoms with Crippen LogP contribution >= 0.6 is 12.4 Å². The van der Waals surface area contributed by atoms with Gasteiger partial charge in [0.1, 0.15) is 43.0 Å². The lowest BCUT2D eigenvalue weighted by Gasteiger charge is -2.23. The maximum Gasteiger partial charge on any atom is 0.414 e. The molecule has 0 spiro atoms. The molecule has 0 aliphatic carbocycles. The van der Waals surface area contributed by atoms with Gasteiger partial charge in [-0.1, -0.05) is 88.4 Å². The number of hydrogen-bond acceptors (Lipinski definition) is 16. The Balaban J connectivity index is 0.00000137. The summed E-state index contributed by atoms with van der Waals surface area (Å²) >= 11 is 0. The highest BCUT2D eigenvalue weighted by atomic mass is 35.5. The molecule has 0 aromatic heterocycles. The van der Waals surface area contributed by atoms with Crippen LogP contribution in [-0.4, -0.2) is 119 Å². The van der Waals surface area contributed by atoms with Gasteiger partial charge in [0.2, 0.25) is 35.4 Å². The summed E-state index contributed by atoms with van der Waals surface area (Å²) in [7, 11) is 0. The van der Waals surface area contributed by atoms with Gasteiger partial charge in [0.05, 0.1) is 25.3 Å². The first kappa shape index (κ1) is 63.8. The second-order valence-corrected chi connectivity index (χ2v) is 17.9. The van der Waals surface area contributed by atoms with E-state index < -0.39 is 109 Å². The van der Waals surface area contributed by atoms with E-state index in [1.807, 2.05) is 81.5 Å². The summed E-state index contributed by atoms with van der Waals surface area (Å²) in [5.41, 5.74) is 17.3. The number of benzene rings is 2. The van der Waals surface area contributed by atoms with Crippen molar-refractivity contribution in [1.82, 2.24) is 26.6 Å². The lowest BCUT2D eigenvalue weighted by molar-refractivity contribution is -0.150. The van der Waals surface area contributed by atoms with Gasteiger partial charge >= 0.3 is 18.0 Å². The molecular weight excluding hydrogens is 936 g/mol. The number of rotatable bonds is 26. The van der Waals surface area contributed by atoms with Gasteiger partial charge in [-0.3, -0.25) is 34.1 Å². The van der Waals surface area contributed by atoms with Crippen LogP contribution in [0.2, 0.25) is 0 Å². The van der Waals surface area contributed by atoms with Crippen LogP contribution in [0.25, 0.3) is 0 Å². The number of carbonyl (C=O) groups is 9. The number of amides is 7. The number of halogens is 1. The molecule has 2 aromatic carbocycles. The Morgan fingerprint density at radius 2 is 0.929 bits per heavy atom. The lowest BCUT2D eigenvalue weighted by Crippen LogP contribution is -2.56. The quantitative estimate of drug-likeness (QED) is 0.0457. The number of primary amides is 1. The number of imide groups is 1. The Labute approximate surface area is 415 Å². The zero-order valence-electron chi connectivity index (χ0n) is 40.9. The number of nitrogens with one attached hydrogen (secondary N) is 5. The summed E-state index contributed by atoms with van der Waals surface area (Å²) in [6.07, 6.45) is -0.816. The Hall–Kier alpha value is -6.20. The van der Waals surface area contributed by atoms with Crippen molar-refractivity contribution in [2.75, 3.05) is 13.2 Å². The molecule has 13 N–H and O–H groups in total. The fourth-order valence-corrected chi connectivity index (χ4v) is 5.85. The van der Waals surface area contributed by atoms with Crippen LogP contribution in [0, 0.1) is 11.8 Å². The van der Waals surface area contributed by atoms with E-state index >= 15 is 0 Å². The van der Waals surface area contributed by atoms with E-state index in [1.165, 1.54) is 0 Å². The molecular formula is C47H73ClN8O14. The Kier molecular flexibility index (Phi) is 30.4. The first-order chi connectivity index (χ1) is 32.3. The monoisotopic (exact) mass is 1010 g/mol. The molecule has 2 aromatic rings. The van der Waals surface area contributed by atoms with Gasteiger partial charge < -0.3 is 62.9 Å². The van der Waals surface area contributed by atoms with E-state index in [9.17, 15) is 53.4 Å². The van der Waals surface area contributed by atoms with Crippen molar-refractivity contribution in [3.05, 3.63) is 71.8 Å². The zero-order valence-corrected chi connectivity index (χ0v) is 41.7. The van der Waals surface area contributed by atoms with Crippen molar-refractivity contribution in [1.29, 1.82) is 0 Å². The summed E-state index contributed by atoms with van der Waals surface area (Å²) in [5, 5.41) is 30.9. The molecule has 0 unspecified atom stereocenters. The first-order valence-corrected chi connectivity index (χ1v) is 22.5. The molecule has 22 nitrogen and oxygen atoms in total. The number of nitrogens with two attached hydrogens (primary N) is 3. The molecule has 2 rings (SSSR count). The fraction of sp³-hybridized carbons (Fsp3) is 0.553. The SMILES string of the molecule is CC(C)C[C@H](NC(=O)[C@H](CO)NC(=O)[C@@H](N)CCC(=O)NC(=O)OC(C)(C)C)C(=O)OCc1ccccc1.CC(C)C[C@H](NC(=O)[C@H](CO)NC(=O)[C@@H](N)CCC(N)=O)C(=O)OCc1ccccc1.Cl. The van der Waals surface area contributed by atoms with Gasteiger partial charge in [0, 0.05) is 12.8 Å². The maximum atomic E-state index is 12.8. The molecule has 0 aliphatic heterocycles. The second-order valence-electron chi connectivity index (χ2n) is 17.9. The van der Waals surface area contributed by atoms with E-state index in [0.29, 0.717) is 6.42 Å². The van der Waals surface area contributed by atoms with Gasteiger partial charge in [-0.15, -0.1) is 12.4 Å². The molecule has 392 valence electrons. The van der Waals surface area contributed by atoms with Crippen LogP contribution < -0.4 is 43.8 Å². The molecule has 23 heteroatoms. The van der Waals surface area contributed by atoms with Crippen LogP contribution in [-0.2, 0) is 65.8 Å². The minimum Gasteiger partial charge on any atom is -0.459 e. The van der Waals surface area contributed by atoms with E-state index in [-0.39, 0.29) is 69.6 Å². The van der Waals surface area contributed by atoms with Crippen molar-refractivity contribution in [3.63, 3.8) is 0 Å². The topological polar surface area (TPSA) is 360 Å². The van der Waals surface area contributed by atoms with Crippen LogP contribution in [0.4, 0.5) is 4.79 Å². The van der Waals surface area contributed by atoms with Gasteiger partial charge in [0.15, 0.2) is 0 Å². The standard InChI is InChI=1S/C26H40N4O8.C21H32N4O6.ClH/c1-16(2)13-19(24(35)37-15-17-9-7-6-8-10-17)28-23(34)20(14-31)29-22(33)18(27)11-12-21(32)30-25(36)38-26(3,4)5;1-13(2)10-16(21(30)31-12-14-6-4-3-5-7-14)24-20(29)17(11-26)25-19(28)15(22)8-9-18(23)27;/h6-10,16,18-20,31H,11-15,27H2,1-5H3,(H,28,34)(H,29,33)(H,30,32,36);3-7,13,15-17,26H,8-12,22H2,1-2H3,(H2,23,27)(H,24,29)(H,25,28);1H/t18-,19-,20-;15-,16-,17-;/m00./s1. The predicted octanol–water partition coefficient (Wildman–Crippen LogP) is 0.649. The van der Waals surface area contributed by atoms with Crippen molar-refractivity contribution in [3.8, 4) is 0 Å². The summed E-state index contributed by atoms with van der Waals surface area (Å²) in [6, 6.07) is 11.2. The Morgan fingerprint density at radius 3 is 1.26 bits per heavy atom. The number of aliphatic hydroxyl groups is 2. The van der Waals surface area contributed by atoms with Crippen LogP contribution in [0.3, 0.4) is 0 Å². The molecule has 6 atom stereocenters. The third-order valence-electron chi connectivity index (χ3n) is 9.39. The molecule has 0 radical (unpaired) electrons. The van der Waals surface area contributed by atoms with Crippen molar-refractivity contribution < 1.29 is 67.6 Å². The summed E-state index contributed by atoms with van der Waals surface area (Å²) in [4.78, 5) is 109. The average molecular weight is 1010 g/mol. The third-order valence-corrected chi connectivity index (χ3v) is 9.39. The normalized spacial score (nSPS) is 13.4. The molecule has 0 saturated heterocycles. The first-order valence-electron chi connectivity index (χ1n) is 22.5. The van der Waals surface area contributed by atoms with Crippen molar-refractivity contribution in [2.24, 2.45) is 29.0 Å². The van der Waals surface area contributed by atoms with Crippen molar-refractivity contribution in [2.45, 2.75) is 142 Å². The van der Waals surface area contributed by atoms with Gasteiger partial charge in [-0.05, 0) is 69.4 Å². The van der Waals surface area contributed by atoms with E-state index in [0.717, 1.165) is 11.1 Å². The Bertz CT molecular complexity index is 1970. The van der Waals surface area contributed by atoms with Gasteiger partial charge in [0.25, 0.3) is 0 Å². The van der Waals surface area contributed by atoms with Crippen LogP contribution in [0.5, 0.6) is 0 Å². The average Bonchev–Trinajstić information content (AvgIpc) is 3.28. The molecule has 0 aliphatic rings. The minimum atomic E-state index is -1.39. The maximum absolute atomic E-state index is 12.8. The number of ether oxygens (including phenoxy) is 3. The van der Waals surface area contributed by atoms with Crippen molar-refractivity contribution >= 4 is 65.9 Å². The van der Waals surface area contributed by atoms with E-state index in [1.54, 1.807) is 32.9 Å². The van der Waals surface area contributed by atoms with E-state index in [2.05, 4.69) is 21.3 Å². The minimum absolute atomic E-state index is 0. The smallest absolute Gasteiger partial charge is 0.414 e. The molecule has 0 bridgehead atoms. The lowest BCUT2D eigenvalue weighted by atomic mass is 10.0. The molecule has 7 amide bonds. The summed E-state index contributed by atoms with van der Waals surface area (Å²) in [5.74, 6) is -5.52. The Morgan fingerprint density at radius 1 is 0.571 bits per heavy atom. The highest BCUT2D eigenvalue weighted by molar-refractivity contribution is 5.94. The predicted molar refractivity (Wildman–Crippen MR) is 259 cm³/mol. The van der Waals surface area contributed by atoms with E-state index in [4.69, 9.17) is 31.4 Å². The third kappa shape index (κ3) is 27.7. The number of esters is 2. The largest absolute Gasteiger partial charge is 0.459 e. The molecule has 0 fully saturated rings. The number of aliphatic hydroxyl groups excluding tert-OH is 2. The highest BCUT2D eigenvalue weighted by Gasteiger charge is 2.31. The molecule has 0 heterocycles. The van der Waals surface area contributed by atoms with Gasteiger partial charge in [-0.25, -0.2) is 14.4 Å². The summed E-state index contributed by atoms with van der Waals surface area (Å²) < 4.78 is 15.6. The fourth-order valence-electron chi connectivity index (χ4n) is 5.85. The molecule has 70 heavy (non-hydrogen) atoms. The van der Waals surface area contributed by atoms with Gasteiger partial charge in [-0.2, -0.15) is 0 Å². The van der Waals surface area contributed by atoms with Crippen LogP contribution in [0.1, 0.15) is 98.1 Å². The highest BCUT2D eigenvalue weighted by Crippen LogP contribution is 2.12. The number of alkyl carbamates (subject to hydrolysis) is 1. The number of carbonyl (C=O) groups excluding carboxylic acids is 9. The number of hydrogen-bond donors (Lipinski definition) is 10. The summed E-state index contributed by atoms with van der Waals surface area (Å²) in [6.45, 7) is 11.1. The second kappa shape index (κ2) is 33.4. The zero-order chi connectivity index (χ0) is 52.3. The van der Waals surface area contributed by atoms with Crippen LogP contribution in [0.15, 0.2) is 60.7 Å².